The third-order valence-electron chi connectivity index (χ3n) is 2.53. The molecule has 1 unspecified atom stereocenters. The molecule has 0 aromatic heterocycles. The highest BCUT2D eigenvalue weighted by molar-refractivity contribution is 7.89. The first-order chi connectivity index (χ1) is 8.33. The van der Waals surface area contributed by atoms with E-state index in [1.54, 1.807) is 13.8 Å². The second kappa shape index (κ2) is 6.26. The van der Waals surface area contributed by atoms with Crippen LogP contribution in [0.3, 0.4) is 0 Å². The molecule has 1 aromatic rings. The molecule has 1 atom stereocenters. The van der Waals surface area contributed by atoms with Gasteiger partial charge in [-0.25, -0.2) is 17.5 Å². The molecule has 0 saturated heterocycles. The third-order valence-corrected chi connectivity index (χ3v) is 4.13. The minimum Gasteiger partial charge on any atom is -0.393 e. The molecule has 102 valence electrons. The maximum atomic E-state index is 13.0. The monoisotopic (exact) mass is 275 g/mol. The highest BCUT2D eigenvalue weighted by Gasteiger charge is 2.16. The number of aliphatic hydroxyl groups excluding tert-OH is 1. The summed E-state index contributed by atoms with van der Waals surface area (Å²) < 4.78 is 39.3. The van der Waals surface area contributed by atoms with Crippen LogP contribution in [0.5, 0.6) is 0 Å². The SMILES string of the molecule is Cc1ccc(F)cc1S(=O)(=O)NCCCC(C)O. The lowest BCUT2D eigenvalue weighted by atomic mass is 10.2. The van der Waals surface area contributed by atoms with Gasteiger partial charge in [0, 0.05) is 6.54 Å². The van der Waals surface area contributed by atoms with E-state index in [0.29, 0.717) is 18.4 Å². The molecular formula is C12H18FNO3S. The van der Waals surface area contributed by atoms with Crippen LogP contribution in [0.25, 0.3) is 0 Å². The zero-order chi connectivity index (χ0) is 13.8. The van der Waals surface area contributed by atoms with Crippen molar-refractivity contribution in [3.63, 3.8) is 0 Å². The third kappa shape index (κ3) is 4.36. The van der Waals surface area contributed by atoms with Crippen LogP contribution in [0.2, 0.25) is 0 Å². The van der Waals surface area contributed by atoms with E-state index in [-0.39, 0.29) is 11.4 Å². The summed E-state index contributed by atoms with van der Waals surface area (Å²) in [5.41, 5.74) is 0.499. The molecule has 0 spiro atoms. The summed E-state index contributed by atoms with van der Waals surface area (Å²) in [5.74, 6) is -0.579. The Hall–Kier alpha value is -0.980. The maximum absolute atomic E-state index is 13.0. The predicted molar refractivity (Wildman–Crippen MR) is 67.2 cm³/mol. The second-order valence-electron chi connectivity index (χ2n) is 4.30. The average molecular weight is 275 g/mol. The van der Waals surface area contributed by atoms with Crippen LogP contribution in [0.15, 0.2) is 23.1 Å². The van der Waals surface area contributed by atoms with Crippen LogP contribution >= 0.6 is 0 Å². The lowest BCUT2D eigenvalue weighted by Crippen LogP contribution is -2.26. The van der Waals surface area contributed by atoms with E-state index >= 15 is 0 Å². The molecule has 4 nitrogen and oxygen atoms in total. The van der Waals surface area contributed by atoms with E-state index in [2.05, 4.69) is 4.72 Å². The predicted octanol–water partition coefficient (Wildman–Crippen LogP) is 1.57. The van der Waals surface area contributed by atoms with Crippen LogP contribution in [-0.4, -0.2) is 26.2 Å². The molecule has 1 rings (SSSR count). The van der Waals surface area contributed by atoms with Gasteiger partial charge in [-0.3, -0.25) is 0 Å². The van der Waals surface area contributed by atoms with Crippen molar-refractivity contribution in [3.8, 4) is 0 Å². The first-order valence-electron chi connectivity index (χ1n) is 5.77. The summed E-state index contributed by atoms with van der Waals surface area (Å²) in [6.45, 7) is 3.48. The van der Waals surface area contributed by atoms with Gasteiger partial charge in [0.2, 0.25) is 10.0 Å². The van der Waals surface area contributed by atoms with Crippen molar-refractivity contribution in [2.75, 3.05) is 6.54 Å². The number of sulfonamides is 1. The normalized spacial score (nSPS) is 13.6. The minimum atomic E-state index is -3.68. The van der Waals surface area contributed by atoms with Gasteiger partial charge in [0.05, 0.1) is 11.0 Å². The number of nitrogens with one attached hydrogen (secondary N) is 1. The van der Waals surface area contributed by atoms with Crippen LogP contribution in [-0.2, 0) is 10.0 Å². The zero-order valence-corrected chi connectivity index (χ0v) is 11.3. The van der Waals surface area contributed by atoms with E-state index in [0.717, 1.165) is 6.07 Å². The van der Waals surface area contributed by atoms with Crippen LogP contribution < -0.4 is 4.72 Å². The van der Waals surface area contributed by atoms with Crippen LogP contribution in [0.1, 0.15) is 25.3 Å². The lowest BCUT2D eigenvalue weighted by molar-refractivity contribution is 0.182. The number of aryl methyl sites for hydroxylation is 1. The number of benzene rings is 1. The van der Waals surface area contributed by atoms with Crippen molar-refractivity contribution in [2.24, 2.45) is 0 Å². The van der Waals surface area contributed by atoms with Gasteiger partial charge >= 0.3 is 0 Å². The first kappa shape index (κ1) is 15.1. The number of hydrogen-bond acceptors (Lipinski definition) is 3. The summed E-state index contributed by atoms with van der Waals surface area (Å²) in [4.78, 5) is -0.0421. The van der Waals surface area contributed by atoms with Gasteiger partial charge in [-0.1, -0.05) is 6.07 Å². The number of hydrogen-bond donors (Lipinski definition) is 2. The minimum absolute atomic E-state index is 0.0421. The molecule has 0 radical (unpaired) electrons. The van der Waals surface area contributed by atoms with Gasteiger partial charge in [-0.15, -0.1) is 0 Å². The number of aliphatic hydroxyl groups is 1. The molecule has 0 bridgehead atoms. The van der Waals surface area contributed by atoms with Crippen molar-refractivity contribution in [1.29, 1.82) is 0 Å². The summed E-state index contributed by atoms with van der Waals surface area (Å²) in [5, 5.41) is 9.05. The molecule has 0 saturated carbocycles. The smallest absolute Gasteiger partial charge is 0.240 e. The highest BCUT2D eigenvalue weighted by Crippen LogP contribution is 2.16. The van der Waals surface area contributed by atoms with Crippen molar-refractivity contribution in [3.05, 3.63) is 29.6 Å². The Morgan fingerprint density at radius 1 is 1.44 bits per heavy atom. The summed E-state index contributed by atoms with van der Waals surface area (Å²) in [7, 11) is -3.68. The molecule has 0 aliphatic rings. The van der Waals surface area contributed by atoms with E-state index in [9.17, 15) is 12.8 Å². The molecule has 18 heavy (non-hydrogen) atoms. The zero-order valence-electron chi connectivity index (χ0n) is 10.5. The molecule has 2 N–H and O–H groups in total. The van der Waals surface area contributed by atoms with Crippen molar-refractivity contribution in [2.45, 2.75) is 37.7 Å². The van der Waals surface area contributed by atoms with E-state index in [1.165, 1.54) is 12.1 Å². The van der Waals surface area contributed by atoms with E-state index < -0.39 is 21.9 Å². The Morgan fingerprint density at radius 3 is 2.72 bits per heavy atom. The first-order valence-corrected chi connectivity index (χ1v) is 7.25. The quantitative estimate of drug-likeness (QED) is 0.775. The van der Waals surface area contributed by atoms with Crippen LogP contribution in [0, 0.1) is 12.7 Å². The highest BCUT2D eigenvalue weighted by atomic mass is 32.2. The van der Waals surface area contributed by atoms with Crippen molar-refractivity contribution >= 4 is 10.0 Å². The Kier molecular flexibility index (Phi) is 5.25. The van der Waals surface area contributed by atoms with Gasteiger partial charge in [-0.2, -0.15) is 0 Å². The Balaban J connectivity index is 2.71. The van der Waals surface area contributed by atoms with Crippen molar-refractivity contribution in [1.82, 2.24) is 4.72 Å². The lowest BCUT2D eigenvalue weighted by Gasteiger charge is -2.10. The van der Waals surface area contributed by atoms with Gasteiger partial charge in [0.15, 0.2) is 0 Å². The Morgan fingerprint density at radius 2 is 2.11 bits per heavy atom. The molecule has 0 aliphatic carbocycles. The maximum Gasteiger partial charge on any atom is 0.240 e. The van der Waals surface area contributed by atoms with E-state index in [1.807, 2.05) is 0 Å². The average Bonchev–Trinajstić information content (AvgIpc) is 2.27. The van der Waals surface area contributed by atoms with Gasteiger partial charge < -0.3 is 5.11 Å². The molecular weight excluding hydrogens is 257 g/mol. The topological polar surface area (TPSA) is 66.4 Å². The van der Waals surface area contributed by atoms with Crippen LogP contribution in [0.4, 0.5) is 4.39 Å². The largest absolute Gasteiger partial charge is 0.393 e. The number of halogens is 1. The second-order valence-corrected chi connectivity index (χ2v) is 6.03. The molecule has 0 heterocycles. The van der Waals surface area contributed by atoms with E-state index in [4.69, 9.17) is 5.11 Å². The summed E-state index contributed by atoms with van der Waals surface area (Å²) in [6, 6.07) is 3.66. The van der Waals surface area contributed by atoms with Gasteiger partial charge in [-0.05, 0) is 44.4 Å². The van der Waals surface area contributed by atoms with Gasteiger partial charge in [0.25, 0.3) is 0 Å². The fourth-order valence-corrected chi connectivity index (χ4v) is 2.87. The Bertz CT molecular complexity index is 500. The molecule has 0 fully saturated rings. The van der Waals surface area contributed by atoms with Gasteiger partial charge in [0.1, 0.15) is 5.82 Å². The molecule has 0 amide bonds. The Labute approximate surface area is 107 Å². The molecule has 0 aliphatic heterocycles. The fourth-order valence-electron chi connectivity index (χ4n) is 1.55. The molecule has 6 heteroatoms. The van der Waals surface area contributed by atoms with Crippen molar-refractivity contribution < 1.29 is 17.9 Å². The molecule has 1 aromatic carbocycles. The summed E-state index contributed by atoms with van der Waals surface area (Å²) in [6.07, 6.45) is 0.598. The summed E-state index contributed by atoms with van der Waals surface area (Å²) >= 11 is 0. The number of rotatable bonds is 6. The fraction of sp³-hybridized carbons (Fsp3) is 0.500. The standard InChI is InChI=1S/C12H18FNO3S/c1-9-5-6-11(13)8-12(9)18(16,17)14-7-3-4-10(2)15/h5-6,8,10,14-15H,3-4,7H2,1-2H3.